The maximum Gasteiger partial charge on any atom is 0.245 e. The average Bonchev–Trinajstić information content (AvgIpc) is 3.38. The van der Waals surface area contributed by atoms with E-state index in [-0.39, 0.29) is 13.2 Å². The first kappa shape index (κ1) is 25.6. The van der Waals surface area contributed by atoms with Crippen molar-refractivity contribution < 1.29 is 34.3 Å². The largest absolute Gasteiger partial charge is 0.490 e. The van der Waals surface area contributed by atoms with Crippen LogP contribution in [0.3, 0.4) is 0 Å². The van der Waals surface area contributed by atoms with E-state index in [9.17, 15) is 9.90 Å². The third-order valence-corrected chi connectivity index (χ3v) is 6.35. The number of amides is 1. The van der Waals surface area contributed by atoms with Crippen molar-refractivity contribution in [1.82, 2.24) is 5.32 Å². The number of aliphatic hydroxyl groups excluding tert-OH is 2. The van der Waals surface area contributed by atoms with E-state index in [2.05, 4.69) is 32.2 Å². The molecule has 182 valence electrons. The first-order chi connectivity index (χ1) is 15.7. The van der Waals surface area contributed by atoms with Gasteiger partial charge in [-0.1, -0.05) is 13.8 Å². The van der Waals surface area contributed by atoms with Gasteiger partial charge in [-0.3, -0.25) is 4.79 Å². The summed E-state index contributed by atoms with van der Waals surface area (Å²) in [4.78, 5) is 24.3. The normalized spacial score (nSPS) is 19.2. The van der Waals surface area contributed by atoms with Gasteiger partial charge >= 0.3 is 0 Å². The third-order valence-electron chi connectivity index (χ3n) is 5.23. The minimum Gasteiger partial charge on any atom is -0.490 e. The maximum atomic E-state index is 11.1. The standard InChI is InChI=1S/C24H33NO7S/c1-13(2)6-17-9-20(33-16(17)5)24-30-23(31-32-24)18-7-14(3)22(15(4)8-18)29-12-19(27)10-25-21(28)11-26/h7-9,13,19,23-24,26-27H,6,10-12H2,1-5H3,(H,25,28). The molecule has 33 heavy (non-hydrogen) atoms. The summed E-state index contributed by atoms with van der Waals surface area (Å²) in [6, 6.07) is 5.95. The highest BCUT2D eigenvalue weighted by Crippen LogP contribution is 2.41. The Morgan fingerprint density at radius 2 is 1.82 bits per heavy atom. The predicted octanol–water partition coefficient (Wildman–Crippen LogP) is 3.40. The van der Waals surface area contributed by atoms with Gasteiger partial charge in [0.25, 0.3) is 0 Å². The van der Waals surface area contributed by atoms with Crippen LogP contribution >= 0.6 is 11.3 Å². The summed E-state index contributed by atoms with van der Waals surface area (Å²) in [5.74, 6) is 0.679. The van der Waals surface area contributed by atoms with E-state index in [0.29, 0.717) is 11.7 Å². The lowest BCUT2D eigenvalue weighted by Gasteiger charge is -2.18. The molecule has 0 spiro atoms. The summed E-state index contributed by atoms with van der Waals surface area (Å²) in [7, 11) is 0. The Labute approximate surface area is 198 Å². The van der Waals surface area contributed by atoms with Gasteiger partial charge in [0.15, 0.2) is 0 Å². The fraction of sp³-hybridized carbons (Fsp3) is 0.542. The molecule has 1 aromatic heterocycles. The van der Waals surface area contributed by atoms with Crippen LogP contribution < -0.4 is 10.1 Å². The molecule has 0 bridgehead atoms. The minimum atomic E-state index is -0.899. The molecule has 8 nitrogen and oxygen atoms in total. The van der Waals surface area contributed by atoms with Crippen LogP contribution in [-0.4, -0.2) is 42.0 Å². The van der Waals surface area contributed by atoms with Crippen molar-refractivity contribution in [3.8, 4) is 5.75 Å². The van der Waals surface area contributed by atoms with Gasteiger partial charge in [0.1, 0.15) is 25.1 Å². The Bertz CT molecular complexity index is 935. The maximum absolute atomic E-state index is 11.1. The fourth-order valence-corrected chi connectivity index (χ4v) is 4.70. The van der Waals surface area contributed by atoms with Crippen LogP contribution in [0.4, 0.5) is 0 Å². The van der Waals surface area contributed by atoms with Crippen LogP contribution in [0.5, 0.6) is 5.75 Å². The van der Waals surface area contributed by atoms with Crippen molar-refractivity contribution >= 4 is 17.2 Å². The molecule has 1 fully saturated rings. The van der Waals surface area contributed by atoms with E-state index in [1.807, 2.05) is 26.0 Å². The first-order valence-electron chi connectivity index (χ1n) is 11.0. The number of carbonyl (C=O) groups excluding carboxylic acids is 1. The molecule has 0 radical (unpaired) electrons. The monoisotopic (exact) mass is 479 g/mol. The molecule has 1 aromatic carbocycles. The molecule has 3 atom stereocenters. The van der Waals surface area contributed by atoms with E-state index >= 15 is 0 Å². The predicted molar refractivity (Wildman–Crippen MR) is 124 cm³/mol. The summed E-state index contributed by atoms with van der Waals surface area (Å²) in [5, 5.41) is 21.1. The number of aliphatic hydroxyl groups is 2. The fourth-order valence-electron chi connectivity index (χ4n) is 3.68. The van der Waals surface area contributed by atoms with Crippen molar-refractivity contribution in [2.45, 2.75) is 59.7 Å². The van der Waals surface area contributed by atoms with Gasteiger partial charge in [-0.2, -0.15) is 9.78 Å². The zero-order chi connectivity index (χ0) is 24.1. The molecular formula is C24H33NO7S. The summed E-state index contributed by atoms with van der Waals surface area (Å²) in [6.45, 7) is 9.71. The Balaban J connectivity index is 1.61. The van der Waals surface area contributed by atoms with E-state index in [1.54, 1.807) is 11.3 Å². The number of nitrogens with one attached hydrogen (secondary N) is 1. The number of rotatable bonds is 10. The Kier molecular flexibility index (Phi) is 8.86. The Hall–Kier alpha value is -2.01. The van der Waals surface area contributed by atoms with Gasteiger partial charge in [0.05, 0.1) is 4.88 Å². The first-order valence-corrected chi connectivity index (χ1v) is 11.9. The number of ether oxygens (including phenoxy) is 2. The molecule has 3 N–H and O–H groups in total. The number of aryl methyl sites for hydroxylation is 3. The molecule has 2 heterocycles. The van der Waals surface area contributed by atoms with Crippen LogP contribution in [0.15, 0.2) is 18.2 Å². The SMILES string of the molecule is Cc1cc(C2OOC(c3cc(CC(C)C)c(C)s3)O2)cc(C)c1OCC(O)CNC(=O)CO. The van der Waals surface area contributed by atoms with Gasteiger partial charge in [-0.05, 0) is 68.0 Å². The highest BCUT2D eigenvalue weighted by Gasteiger charge is 2.33. The molecular weight excluding hydrogens is 446 g/mol. The molecule has 3 rings (SSSR count). The third kappa shape index (κ3) is 6.75. The van der Waals surface area contributed by atoms with Crippen molar-refractivity contribution in [3.05, 3.63) is 50.2 Å². The summed E-state index contributed by atoms with van der Waals surface area (Å²) < 4.78 is 11.8. The summed E-state index contributed by atoms with van der Waals surface area (Å²) in [6.07, 6.45) is -1.11. The van der Waals surface area contributed by atoms with Crippen LogP contribution in [0.2, 0.25) is 0 Å². The zero-order valence-electron chi connectivity index (χ0n) is 19.7. The molecule has 9 heteroatoms. The number of thiophene rings is 1. The van der Waals surface area contributed by atoms with E-state index < -0.39 is 31.2 Å². The van der Waals surface area contributed by atoms with Gasteiger partial charge in [-0.15, -0.1) is 11.3 Å². The molecule has 1 amide bonds. The average molecular weight is 480 g/mol. The highest BCUT2D eigenvalue weighted by molar-refractivity contribution is 7.12. The number of hydrogen-bond acceptors (Lipinski definition) is 8. The molecule has 2 aromatic rings. The Morgan fingerprint density at radius 1 is 1.15 bits per heavy atom. The lowest BCUT2D eigenvalue weighted by atomic mass is 10.0. The van der Waals surface area contributed by atoms with Gasteiger partial charge in [0.2, 0.25) is 18.5 Å². The number of carbonyl (C=O) groups is 1. The summed E-state index contributed by atoms with van der Waals surface area (Å²) in [5.41, 5.74) is 3.84. The van der Waals surface area contributed by atoms with Crippen LogP contribution in [0, 0.1) is 26.7 Å². The topological polar surface area (TPSA) is 106 Å². The highest BCUT2D eigenvalue weighted by atomic mass is 32.1. The zero-order valence-corrected chi connectivity index (χ0v) is 20.5. The van der Waals surface area contributed by atoms with E-state index in [0.717, 1.165) is 28.0 Å². The van der Waals surface area contributed by atoms with Gasteiger partial charge in [-0.25, -0.2) is 0 Å². The van der Waals surface area contributed by atoms with Gasteiger partial charge in [0, 0.05) is 17.0 Å². The number of benzene rings is 1. The molecule has 0 saturated carbocycles. The Morgan fingerprint density at radius 3 is 2.45 bits per heavy atom. The van der Waals surface area contributed by atoms with Crippen molar-refractivity contribution in [3.63, 3.8) is 0 Å². The quantitative estimate of drug-likeness (QED) is 0.449. The second kappa shape index (κ2) is 11.4. The van der Waals surface area contributed by atoms with Crippen molar-refractivity contribution in [2.75, 3.05) is 19.8 Å². The van der Waals surface area contributed by atoms with E-state index in [4.69, 9.17) is 24.4 Å². The second-order valence-electron chi connectivity index (χ2n) is 8.73. The molecule has 1 saturated heterocycles. The number of hydrogen-bond donors (Lipinski definition) is 3. The molecule has 3 unspecified atom stereocenters. The van der Waals surface area contributed by atoms with Crippen molar-refractivity contribution in [1.29, 1.82) is 0 Å². The smallest absolute Gasteiger partial charge is 0.245 e. The van der Waals surface area contributed by atoms with Crippen LogP contribution in [-0.2, 0) is 25.7 Å². The van der Waals surface area contributed by atoms with Crippen LogP contribution in [0.1, 0.15) is 58.4 Å². The lowest BCUT2D eigenvalue weighted by molar-refractivity contribution is -0.300. The second-order valence-corrected chi connectivity index (χ2v) is 10.0. The van der Waals surface area contributed by atoms with Crippen molar-refractivity contribution in [2.24, 2.45) is 5.92 Å². The van der Waals surface area contributed by atoms with E-state index in [1.165, 1.54) is 10.4 Å². The molecule has 1 aliphatic heterocycles. The lowest BCUT2D eigenvalue weighted by Crippen LogP contribution is -2.36. The summed E-state index contributed by atoms with van der Waals surface area (Å²) >= 11 is 1.66. The molecule has 0 aliphatic carbocycles. The minimum absolute atomic E-state index is 0.000863. The van der Waals surface area contributed by atoms with Crippen LogP contribution in [0.25, 0.3) is 0 Å². The molecule has 1 aliphatic rings. The van der Waals surface area contributed by atoms with Gasteiger partial charge < -0.3 is 25.0 Å².